The molecule has 0 atom stereocenters. The molecule has 1 aromatic carbocycles. The first-order valence-electron chi connectivity index (χ1n) is 6.07. The minimum atomic E-state index is -0.263. The Bertz CT molecular complexity index is 470. The van der Waals surface area contributed by atoms with Gasteiger partial charge in [-0.3, -0.25) is 0 Å². The molecule has 0 radical (unpaired) electrons. The van der Waals surface area contributed by atoms with E-state index < -0.39 is 0 Å². The molecule has 0 unspecified atom stereocenters. The third kappa shape index (κ3) is 3.50. The summed E-state index contributed by atoms with van der Waals surface area (Å²) in [4.78, 5) is 11.7. The molecule has 0 spiro atoms. The van der Waals surface area contributed by atoms with Crippen LogP contribution in [0.5, 0.6) is 0 Å². The number of benzene rings is 1. The molecule has 1 saturated carbocycles. The van der Waals surface area contributed by atoms with Crippen LogP contribution in [0.1, 0.15) is 24.0 Å². The van der Waals surface area contributed by atoms with E-state index in [1.54, 1.807) is 6.20 Å². The second kappa shape index (κ2) is 5.44. The molecule has 1 fully saturated rings. The lowest BCUT2D eigenvalue weighted by Crippen LogP contribution is -2.24. The zero-order chi connectivity index (χ0) is 13.1. The fourth-order valence-corrected chi connectivity index (χ4v) is 2.14. The standard InChI is InChI=1S/C14H17ClN2O/c1-9-7-10(2)13(12(15)8-9)17-14(18)16-6-5-11-3-4-11/h5-8,11H,3-4H2,1-2H3,(H2,16,17,18)/b6-5+. The van der Waals surface area contributed by atoms with Gasteiger partial charge in [0.25, 0.3) is 0 Å². The van der Waals surface area contributed by atoms with Crippen LogP contribution in [0.25, 0.3) is 0 Å². The summed E-state index contributed by atoms with van der Waals surface area (Å²) in [7, 11) is 0. The maximum absolute atomic E-state index is 11.7. The summed E-state index contributed by atoms with van der Waals surface area (Å²) in [6.45, 7) is 3.90. The molecule has 0 bridgehead atoms. The van der Waals surface area contributed by atoms with Crippen LogP contribution in [0.15, 0.2) is 24.4 Å². The minimum absolute atomic E-state index is 0.263. The Kier molecular flexibility index (Phi) is 3.92. The van der Waals surface area contributed by atoms with Gasteiger partial charge in [0.15, 0.2) is 0 Å². The van der Waals surface area contributed by atoms with Gasteiger partial charge in [0.05, 0.1) is 10.7 Å². The molecular weight excluding hydrogens is 248 g/mol. The molecule has 1 aliphatic carbocycles. The summed E-state index contributed by atoms with van der Waals surface area (Å²) in [5.41, 5.74) is 2.71. The van der Waals surface area contributed by atoms with Gasteiger partial charge in [-0.25, -0.2) is 4.79 Å². The van der Waals surface area contributed by atoms with Crippen LogP contribution < -0.4 is 10.6 Å². The summed E-state index contributed by atoms with van der Waals surface area (Å²) in [5, 5.41) is 6.01. The zero-order valence-corrected chi connectivity index (χ0v) is 11.3. The molecular formula is C14H17ClN2O. The van der Waals surface area contributed by atoms with Crippen molar-refractivity contribution >= 4 is 23.3 Å². The van der Waals surface area contributed by atoms with E-state index in [0.29, 0.717) is 16.6 Å². The third-order valence-electron chi connectivity index (χ3n) is 2.88. The maximum Gasteiger partial charge on any atom is 0.323 e. The molecule has 4 heteroatoms. The van der Waals surface area contributed by atoms with Crippen molar-refractivity contribution in [2.24, 2.45) is 5.92 Å². The van der Waals surface area contributed by atoms with Gasteiger partial charge in [0, 0.05) is 6.20 Å². The first kappa shape index (κ1) is 13.0. The number of carbonyl (C=O) groups is 1. The number of nitrogens with one attached hydrogen (secondary N) is 2. The number of hydrogen-bond acceptors (Lipinski definition) is 1. The van der Waals surface area contributed by atoms with Crippen molar-refractivity contribution in [3.63, 3.8) is 0 Å². The molecule has 0 aromatic heterocycles. The topological polar surface area (TPSA) is 41.1 Å². The van der Waals surface area contributed by atoms with Gasteiger partial charge in [-0.15, -0.1) is 0 Å². The van der Waals surface area contributed by atoms with Crippen molar-refractivity contribution in [2.75, 3.05) is 5.32 Å². The smallest absolute Gasteiger partial charge is 0.315 e. The highest BCUT2D eigenvalue weighted by Gasteiger charge is 2.17. The van der Waals surface area contributed by atoms with Crippen molar-refractivity contribution in [3.05, 3.63) is 40.6 Å². The lowest BCUT2D eigenvalue weighted by molar-refractivity contribution is 0.255. The number of hydrogen-bond donors (Lipinski definition) is 2. The monoisotopic (exact) mass is 264 g/mol. The molecule has 1 aliphatic rings. The summed E-state index contributed by atoms with van der Waals surface area (Å²) in [6, 6.07) is 3.56. The average molecular weight is 265 g/mol. The first-order valence-corrected chi connectivity index (χ1v) is 6.45. The molecule has 2 rings (SSSR count). The highest BCUT2D eigenvalue weighted by molar-refractivity contribution is 6.34. The van der Waals surface area contributed by atoms with Gasteiger partial charge in [-0.1, -0.05) is 23.7 Å². The predicted molar refractivity (Wildman–Crippen MR) is 74.9 cm³/mol. The second-order valence-electron chi connectivity index (χ2n) is 4.73. The van der Waals surface area contributed by atoms with Crippen LogP contribution in [-0.4, -0.2) is 6.03 Å². The quantitative estimate of drug-likeness (QED) is 0.851. The Labute approximate surface area is 112 Å². The number of rotatable bonds is 3. The van der Waals surface area contributed by atoms with E-state index in [2.05, 4.69) is 10.6 Å². The van der Waals surface area contributed by atoms with Crippen LogP contribution in [0, 0.1) is 19.8 Å². The molecule has 0 saturated heterocycles. The number of halogens is 1. The van der Waals surface area contributed by atoms with E-state index >= 15 is 0 Å². The van der Waals surface area contributed by atoms with Gasteiger partial charge >= 0.3 is 6.03 Å². The lowest BCUT2D eigenvalue weighted by atomic mass is 10.1. The van der Waals surface area contributed by atoms with Crippen molar-refractivity contribution < 1.29 is 4.79 Å². The van der Waals surface area contributed by atoms with E-state index in [1.165, 1.54) is 12.8 Å². The Morgan fingerprint density at radius 2 is 2.11 bits per heavy atom. The second-order valence-corrected chi connectivity index (χ2v) is 5.14. The average Bonchev–Trinajstić information content (AvgIpc) is 3.07. The summed E-state index contributed by atoms with van der Waals surface area (Å²) < 4.78 is 0. The van der Waals surface area contributed by atoms with E-state index in [4.69, 9.17) is 11.6 Å². The van der Waals surface area contributed by atoms with Crippen LogP contribution >= 0.6 is 11.6 Å². The predicted octanol–water partition coefficient (Wildman–Crippen LogP) is 4.00. The summed E-state index contributed by atoms with van der Waals surface area (Å²) >= 11 is 6.11. The van der Waals surface area contributed by atoms with Crippen molar-refractivity contribution in [3.8, 4) is 0 Å². The van der Waals surface area contributed by atoms with Gasteiger partial charge in [-0.05, 0) is 49.8 Å². The number of anilines is 1. The van der Waals surface area contributed by atoms with Gasteiger partial charge in [-0.2, -0.15) is 0 Å². The number of allylic oxidation sites excluding steroid dienone is 1. The van der Waals surface area contributed by atoms with Crippen LogP contribution in [0.2, 0.25) is 5.02 Å². The SMILES string of the molecule is Cc1cc(C)c(NC(=O)N/C=C/C2CC2)c(Cl)c1. The molecule has 18 heavy (non-hydrogen) atoms. The van der Waals surface area contributed by atoms with Crippen molar-refractivity contribution in [1.29, 1.82) is 0 Å². The van der Waals surface area contributed by atoms with E-state index in [-0.39, 0.29) is 6.03 Å². The Balaban J connectivity index is 1.97. The molecule has 2 amide bonds. The van der Waals surface area contributed by atoms with Crippen LogP contribution in [-0.2, 0) is 0 Å². The molecule has 1 aromatic rings. The molecule has 2 N–H and O–H groups in total. The van der Waals surface area contributed by atoms with Crippen LogP contribution in [0.4, 0.5) is 10.5 Å². The van der Waals surface area contributed by atoms with Crippen LogP contribution in [0.3, 0.4) is 0 Å². The normalized spacial score (nSPS) is 14.8. The largest absolute Gasteiger partial charge is 0.323 e. The molecule has 3 nitrogen and oxygen atoms in total. The first-order chi connectivity index (χ1) is 8.56. The zero-order valence-electron chi connectivity index (χ0n) is 10.6. The lowest BCUT2D eigenvalue weighted by Gasteiger charge is -2.11. The fourth-order valence-electron chi connectivity index (χ4n) is 1.77. The molecule has 0 heterocycles. The highest BCUT2D eigenvalue weighted by atomic mass is 35.5. The molecule has 0 aliphatic heterocycles. The number of aryl methyl sites for hydroxylation is 2. The highest BCUT2D eigenvalue weighted by Crippen LogP contribution is 2.29. The fraction of sp³-hybridized carbons (Fsp3) is 0.357. The third-order valence-corrected chi connectivity index (χ3v) is 3.17. The molecule has 96 valence electrons. The Morgan fingerprint density at radius 1 is 1.39 bits per heavy atom. The van der Waals surface area contributed by atoms with E-state index in [9.17, 15) is 4.79 Å². The van der Waals surface area contributed by atoms with Crippen molar-refractivity contribution in [1.82, 2.24) is 5.32 Å². The number of carbonyl (C=O) groups excluding carboxylic acids is 1. The maximum atomic E-state index is 11.7. The van der Waals surface area contributed by atoms with Gasteiger partial charge in [0.2, 0.25) is 0 Å². The van der Waals surface area contributed by atoms with E-state index in [1.807, 2.05) is 32.1 Å². The van der Waals surface area contributed by atoms with E-state index in [0.717, 1.165) is 11.1 Å². The Morgan fingerprint density at radius 3 is 2.72 bits per heavy atom. The van der Waals surface area contributed by atoms with Gasteiger partial charge < -0.3 is 10.6 Å². The van der Waals surface area contributed by atoms with Crippen molar-refractivity contribution in [2.45, 2.75) is 26.7 Å². The number of amides is 2. The minimum Gasteiger partial charge on any atom is -0.315 e. The summed E-state index contributed by atoms with van der Waals surface area (Å²) in [5.74, 6) is 0.648. The van der Waals surface area contributed by atoms with Gasteiger partial charge in [0.1, 0.15) is 0 Å². The number of urea groups is 1. The summed E-state index contributed by atoms with van der Waals surface area (Å²) in [6.07, 6.45) is 6.17. The Hall–Kier alpha value is -1.48.